The van der Waals surface area contributed by atoms with E-state index < -0.39 is 17.5 Å². The highest BCUT2D eigenvalue weighted by molar-refractivity contribution is 6.42. The molecule has 2 aromatic rings. The molecule has 1 fully saturated rings. The lowest BCUT2D eigenvalue weighted by molar-refractivity contribution is -0.131. The van der Waals surface area contributed by atoms with Crippen LogP contribution in [0.3, 0.4) is 0 Å². The van der Waals surface area contributed by atoms with Gasteiger partial charge in [0.1, 0.15) is 17.8 Å². The third-order valence-corrected chi connectivity index (χ3v) is 4.88. The minimum Gasteiger partial charge on any atom is -0.444 e. The van der Waals surface area contributed by atoms with Crippen molar-refractivity contribution < 1.29 is 14.0 Å². The molecule has 0 saturated carbocycles. The summed E-state index contributed by atoms with van der Waals surface area (Å²) >= 11 is 11.9. The van der Waals surface area contributed by atoms with Crippen LogP contribution in [0.2, 0.25) is 10.0 Å². The maximum atomic E-state index is 12.8. The second-order valence-corrected chi connectivity index (χ2v) is 6.64. The predicted molar refractivity (Wildman–Crippen MR) is 88.9 cm³/mol. The molecule has 6 nitrogen and oxygen atoms in total. The molecular formula is C16H15Cl2N3O3. The van der Waals surface area contributed by atoms with Gasteiger partial charge >= 0.3 is 6.03 Å². The largest absolute Gasteiger partial charge is 0.444 e. The fourth-order valence-electron chi connectivity index (χ4n) is 2.59. The zero-order chi connectivity index (χ0) is 17.6. The number of rotatable bonds is 3. The number of urea groups is 1. The highest BCUT2D eigenvalue weighted by Crippen LogP contribution is 2.33. The standard InChI is InChI=1S/C16H15Cl2N3O3/c1-8-9(2)24-13(19-8)7-21-14(22)16(3,20-15(21)23)10-4-5-11(17)12(18)6-10/h4-6H,7H2,1-3H3,(H,20,23)/t16-/m1/s1. The van der Waals surface area contributed by atoms with Gasteiger partial charge in [-0.2, -0.15) is 0 Å². The minimum atomic E-state index is -1.22. The molecule has 2 heterocycles. The van der Waals surface area contributed by atoms with E-state index in [-0.39, 0.29) is 6.54 Å². The van der Waals surface area contributed by atoms with Gasteiger partial charge in [-0.05, 0) is 38.5 Å². The van der Waals surface area contributed by atoms with Gasteiger partial charge < -0.3 is 9.73 Å². The SMILES string of the molecule is Cc1nc(CN2C(=O)N[C@](C)(c3ccc(Cl)c(Cl)c3)C2=O)oc1C. The van der Waals surface area contributed by atoms with E-state index in [9.17, 15) is 9.59 Å². The molecule has 8 heteroatoms. The topological polar surface area (TPSA) is 75.4 Å². The molecule has 1 saturated heterocycles. The number of halogens is 2. The summed E-state index contributed by atoms with van der Waals surface area (Å²) in [5.74, 6) is 0.565. The Morgan fingerprint density at radius 2 is 1.96 bits per heavy atom. The number of imide groups is 1. The van der Waals surface area contributed by atoms with E-state index in [2.05, 4.69) is 10.3 Å². The zero-order valence-corrected chi connectivity index (χ0v) is 14.8. The van der Waals surface area contributed by atoms with Gasteiger partial charge in [0.05, 0.1) is 15.7 Å². The molecule has 1 N–H and O–H groups in total. The zero-order valence-electron chi connectivity index (χ0n) is 13.3. The van der Waals surface area contributed by atoms with Gasteiger partial charge in [0.15, 0.2) is 0 Å². The summed E-state index contributed by atoms with van der Waals surface area (Å²) in [6, 6.07) is 4.32. The number of carbonyl (C=O) groups excluding carboxylic acids is 2. The fraction of sp³-hybridized carbons (Fsp3) is 0.312. The quantitative estimate of drug-likeness (QED) is 0.841. The van der Waals surface area contributed by atoms with Crippen LogP contribution in [0.1, 0.15) is 29.8 Å². The summed E-state index contributed by atoms with van der Waals surface area (Å²) < 4.78 is 5.46. The second kappa shape index (κ2) is 5.79. The van der Waals surface area contributed by atoms with Crippen molar-refractivity contribution >= 4 is 35.1 Å². The summed E-state index contributed by atoms with van der Waals surface area (Å²) in [5.41, 5.74) is 0.0592. The lowest BCUT2D eigenvalue weighted by Gasteiger charge is -2.22. The molecule has 0 aliphatic carbocycles. The van der Waals surface area contributed by atoms with Gasteiger partial charge in [-0.25, -0.2) is 9.78 Å². The van der Waals surface area contributed by atoms with Crippen LogP contribution >= 0.6 is 23.2 Å². The average molecular weight is 368 g/mol. The Morgan fingerprint density at radius 1 is 1.25 bits per heavy atom. The molecule has 0 unspecified atom stereocenters. The first-order valence-corrected chi connectivity index (χ1v) is 8.00. The summed E-state index contributed by atoms with van der Waals surface area (Å²) in [5, 5.41) is 3.39. The predicted octanol–water partition coefficient (Wildman–Crippen LogP) is 3.57. The van der Waals surface area contributed by atoms with Gasteiger partial charge in [0.25, 0.3) is 5.91 Å². The van der Waals surface area contributed by atoms with Crippen LogP contribution in [-0.4, -0.2) is 21.8 Å². The Hall–Kier alpha value is -2.05. The average Bonchev–Trinajstić information content (AvgIpc) is 2.94. The molecule has 24 heavy (non-hydrogen) atoms. The van der Waals surface area contributed by atoms with Crippen LogP contribution in [0.15, 0.2) is 22.6 Å². The van der Waals surface area contributed by atoms with Crippen LogP contribution in [0.25, 0.3) is 0 Å². The van der Waals surface area contributed by atoms with E-state index in [4.69, 9.17) is 27.6 Å². The lowest BCUT2D eigenvalue weighted by Crippen LogP contribution is -2.40. The monoisotopic (exact) mass is 367 g/mol. The van der Waals surface area contributed by atoms with E-state index in [0.717, 1.165) is 10.6 Å². The third-order valence-electron chi connectivity index (χ3n) is 4.14. The van der Waals surface area contributed by atoms with Crippen LogP contribution in [0.5, 0.6) is 0 Å². The van der Waals surface area contributed by atoms with Gasteiger partial charge in [-0.3, -0.25) is 9.69 Å². The number of amides is 3. The van der Waals surface area contributed by atoms with E-state index in [0.29, 0.717) is 27.3 Å². The normalized spacial score (nSPS) is 20.6. The number of hydrogen-bond acceptors (Lipinski definition) is 4. The Balaban J connectivity index is 1.91. The number of nitrogens with zero attached hydrogens (tertiary/aromatic N) is 2. The minimum absolute atomic E-state index is 0.0315. The fourth-order valence-corrected chi connectivity index (χ4v) is 2.88. The molecular weight excluding hydrogens is 353 g/mol. The van der Waals surface area contributed by atoms with Crippen molar-refractivity contribution in [2.24, 2.45) is 0 Å². The molecule has 1 aromatic heterocycles. The van der Waals surface area contributed by atoms with Crippen molar-refractivity contribution in [1.82, 2.24) is 15.2 Å². The molecule has 0 radical (unpaired) electrons. The molecule has 0 spiro atoms. The van der Waals surface area contributed by atoms with E-state index in [1.165, 1.54) is 0 Å². The summed E-state index contributed by atoms with van der Waals surface area (Å²) in [4.78, 5) is 30.4. The molecule has 1 aromatic carbocycles. The summed E-state index contributed by atoms with van der Waals surface area (Å²) in [6.07, 6.45) is 0. The van der Waals surface area contributed by atoms with Crippen molar-refractivity contribution in [2.45, 2.75) is 32.9 Å². The van der Waals surface area contributed by atoms with Gasteiger partial charge in [0.2, 0.25) is 5.89 Å². The van der Waals surface area contributed by atoms with Gasteiger partial charge in [0, 0.05) is 0 Å². The third kappa shape index (κ3) is 2.65. The van der Waals surface area contributed by atoms with Crippen molar-refractivity contribution in [2.75, 3.05) is 0 Å². The smallest absolute Gasteiger partial charge is 0.325 e. The summed E-state index contributed by atoms with van der Waals surface area (Å²) in [6.45, 7) is 5.17. The second-order valence-electron chi connectivity index (χ2n) is 5.82. The van der Waals surface area contributed by atoms with Crippen LogP contribution in [0.4, 0.5) is 4.79 Å². The summed E-state index contributed by atoms with van der Waals surface area (Å²) in [7, 11) is 0. The van der Waals surface area contributed by atoms with E-state index in [1.54, 1.807) is 39.0 Å². The van der Waals surface area contributed by atoms with Crippen molar-refractivity contribution in [3.8, 4) is 0 Å². The number of oxazole rings is 1. The molecule has 3 amide bonds. The first-order chi connectivity index (χ1) is 11.2. The highest BCUT2D eigenvalue weighted by Gasteiger charge is 2.49. The van der Waals surface area contributed by atoms with Crippen LogP contribution in [0, 0.1) is 13.8 Å². The Bertz CT molecular complexity index is 830. The molecule has 126 valence electrons. The maximum Gasteiger partial charge on any atom is 0.325 e. The Labute approximate surface area is 148 Å². The lowest BCUT2D eigenvalue weighted by atomic mass is 9.92. The first kappa shape index (κ1) is 16.8. The highest BCUT2D eigenvalue weighted by atomic mass is 35.5. The van der Waals surface area contributed by atoms with Gasteiger partial charge in [-0.15, -0.1) is 0 Å². The first-order valence-electron chi connectivity index (χ1n) is 7.25. The number of hydrogen-bond donors (Lipinski definition) is 1. The molecule has 1 aliphatic rings. The van der Waals surface area contributed by atoms with Crippen molar-refractivity contribution in [3.05, 3.63) is 51.2 Å². The van der Waals surface area contributed by atoms with Crippen LogP contribution in [-0.2, 0) is 16.9 Å². The number of benzene rings is 1. The molecule has 1 atom stereocenters. The molecule has 0 bridgehead atoms. The number of aromatic nitrogens is 1. The Morgan fingerprint density at radius 3 is 2.54 bits per heavy atom. The van der Waals surface area contributed by atoms with E-state index >= 15 is 0 Å². The van der Waals surface area contributed by atoms with Crippen LogP contribution < -0.4 is 5.32 Å². The van der Waals surface area contributed by atoms with Crippen molar-refractivity contribution in [1.29, 1.82) is 0 Å². The maximum absolute atomic E-state index is 12.8. The van der Waals surface area contributed by atoms with Gasteiger partial charge in [-0.1, -0.05) is 29.3 Å². The van der Waals surface area contributed by atoms with Crippen molar-refractivity contribution in [3.63, 3.8) is 0 Å². The Kier molecular flexibility index (Phi) is 4.05. The number of carbonyl (C=O) groups is 2. The molecule has 3 rings (SSSR count). The number of nitrogens with one attached hydrogen (secondary N) is 1. The molecule has 1 aliphatic heterocycles. The number of aryl methyl sites for hydroxylation is 2. The van der Waals surface area contributed by atoms with E-state index in [1.807, 2.05) is 0 Å².